The molecule has 0 heterocycles. The van der Waals surface area contributed by atoms with Gasteiger partial charge in [-0.2, -0.15) is 0 Å². The molecule has 0 unspecified atom stereocenters. The van der Waals surface area contributed by atoms with Gasteiger partial charge in [0.05, 0.1) is 26.1 Å². The highest BCUT2D eigenvalue weighted by Crippen LogP contribution is 2.18. The van der Waals surface area contributed by atoms with Gasteiger partial charge in [0.2, 0.25) is 11.8 Å². The van der Waals surface area contributed by atoms with Crippen molar-refractivity contribution in [3.8, 4) is 0 Å². The molecule has 5 nitrogen and oxygen atoms in total. The highest BCUT2D eigenvalue weighted by molar-refractivity contribution is 5.91. The second-order valence-corrected chi connectivity index (χ2v) is 5.43. The van der Waals surface area contributed by atoms with E-state index in [1.165, 1.54) is 0 Å². The Morgan fingerprint density at radius 1 is 1.00 bits per heavy atom. The van der Waals surface area contributed by atoms with Crippen LogP contribution in [0.4, 0.5) is 8.78 Å². The van der Waals surface area contributed by atoms with Gasteiger partial charge >= 0.3 is 0 Å². The number of rotatable bonds is 7. The topological polar surface area (TPSA) is 84.2 Å². The molecule has 0 saturated carbocycles. The molecule has 2 amide bonds. The summed E-state index contributed by atoms with van der Waals surface area (Å²) >= 11 is 0. The van der Waals surface area contributed by atoms with Crippen molar-refractivity contribution in [1.82, 2.24) is 10.6 Å². The first kappa shape index (κ1) is 17.8. The molecule has 2 aromatic carbocycles. The van der Waals surface area contributed by atoms with E-state index in [1.54, 1.807) is 0 Å². The molecule has 2 rings (SSSR count). The standard InChI is InChI=1S/C17H19F2N3O2/c18-17(19,10-20)11-22-16(24)9-21-15(23)8-13-6-3-5-12-4-1-2-7-14(12)13/h1-7H,8-11,20H2,(H,21,23)(H,22,24). The normalized spacial score (nSPS) is 11.3. The number of carbonyl (C=O) groups excluding carboxylic acids is 2. The van der Waals surface area contributed by atoms with Crippen LogP contribution in [-0.2, 0) is 16.0 Å². The number of benzene rings is 2. The summed E-state index contributed by atoms with van der Waals surface area (Å²) in [6.45, 7) is -2.05. The monoisotopic (exact) mass is 335 g/mol. The van der Waals surface area contributed by atoms with E-state index in [0.717, 1.165) is 16.3 Å². The van der Waals surface area contributed by atoms with Gasteiger partial charge in [-0.1, -0.05) is 42.5 Å². The summed E-state index contributed by atoms with van der Waals surface area (Å²) in [5.74, 6) is -4.19. The fraction of sp³-hybridized carbons (Fsp3) is 0.294. The van der Waals surface area contributed by atoms with Crippen LogP contribution in [-0.4, -0.2) is 37.4 Å². The van der Waals surface area contributed by atoms with Crippen molar-refractivity contribution in [2.24, 2.45) is 5.73 Å². The molecule has 0 aliphatic heterocycles. The van der Waals surface area contributed by atoms with Gasteiger partial charge in [0.25, 0.3) is 5.92 Å². The van der Waals surface area contributed by atoms with Crippen molar-refractivity contribution >= 4 is 22.6 Å². The molecule has 7 heteroatoms. The molecule has 0 radical (unpaired) electrons. The molecule has 0 saturated heterocycles. The van der Waals surface area contributed by atoms with Crippen LogP contribution >= 0.6 is 0 Å². The molecule has 0 aromatic heterocycles. The van der Waals surface area contributed by atoms with Gasteiger partial charge in [0.1, 0.15) is 0 Å². The van der Waals surface area contributed by atoms with Crippen LogP contribution in [0.25, 0.3) is 10.8 Å². The molecule has 0 aliphatic carbocycles. The Morgan fingerprint density at radius 2 is 1.71 bits per heavy atom. The summed E-state index contributed by atoms with van der Waals surface area (Å²) in [7, 11) is 0. The number of nitrogens with one attached hydrogen (secondary N) is 2. The third-order valence-electron chi connectivity index (χ3n) is 3.52. The van der Waals surface area contributed by atoms with E-state index >= 15 is 0 Å². The predicted molar refractivity (Wildman–Crippen MR) is 87.7 cm³/mol. The summed E-state index contributed by atoms with van der Waals surface area (Å²) in [5, 5.41) is 6.44. The third-order valence-corrected chi connectivity index (χ3v) is 3.52. The van der Waals surface area contributed by atoms with Crippen molar-refractivity contribution < 1.29 is 18.4 Å². The van der Waals surface area contributed by atoms with E-state index in [9.17, 15) is 18.4 Å². The van der Waals surface area contributed by atoms with Crippen LogP contribution in [0.15, 0.2) is 42.5 Å². The SMILES string of the molecule is NCC(F)(F)CNC(=O)CNC(=O)Cc1cccc2ccccc12. The van der Waals surface area contributed by atoms with Gasteiger partial charge in [-0.15, -0.1) is 0 Å². The smallest absolute Gasteiger partial charge is 0.277 e. The van der Waals surface area contributed by atoms with Gasteiger partial charge in [-0.3, -0.25) is 9.59 Å². The molecule has 0 spiro atoms. The molecule has 4 N–H and O–H groups in total. The maximum absolute atomic E-state index is 12.9. The van der Waals surface area contributed by atoms with Crippen molar-refractivity contribution in [1.29, 1.82) is 0 Å². The number of hydrogen-bond acceptors (Lipinski definition) is 3. The zero-order valence-corrected chi connectivity index (χ0v) is 13.0. The Kier molecular flexibility index (Phi) is 5.81. The van der Waals surface area contributed by atoms with Gasteiger partial charge in [0.15, 0.2) is 0 Å². The Balaban J connectivity index is 1.86. The minimum Gasteiger partial charge on any atom is -0.348 e. The number of hydrogen-bond donors (Lipinski definition) is 3. The summed E-state index contributed by atoms with van der Waals surface area (Å²) < 4.78 is 25.8. The van der Waals surface area contributed by atoms with Crippen molar-refractivity contribution in [2.75, 3.05) is 19.6 Å². The molecular formula is C17H19F2N3O2. The molecular weight excluding hydrogens is 316 g/mol. The first-order valence-corrected chi connectivity index (χ1v) is 7.49. The molecule has 0 fully saturated rings. The van der Waals surface area contributed by atoms with Gasteiger partial charge < -0.3 is 16.4 Å². The van der Waals surface area contributed by atoms with E-state index in [0.29, 0.717) is 0 Å². The van der Waals surface area contributed by atoms with Crippen LogP contribution in [0.5, 0.6) is 0 Å². The lowest BCUT2D eigenvalue weighted by atomic mass is 10.0. The zero-order valence-electron chi connectivity index (χ0n) is 13.0. The van der Waals surface area contributed by atoms with Crippen LogP contribution < -0.4 is 16.4 Å². The zero-order chi connectivity index (χ0) is 17.6. The van der Waals surface area contributed by atoms with Gasteiger partial charge in [-0.05, 0) is 16.3 Å². The first-order chi connectivity index (χ1) is 11.4. The van der Waals surface area contributed by atoms with E-state index in [4.69, 9.17) is 5.73 Å². The van der Waals surface area contributed by atoms with Gasteiger partial charge in [0, 0.05) is 0 Å². The molecule has 24 heavy (non-hydrogen) atoms. The average molecular weight is 335 g/mol. The fourth-order valence-corrected chi connectivity index (χ4v) is 2.22. The number of carbonyl (C=O) groups is 2. The lowest BCUT2D eigenvalue weighted by molar-refractivity contribution is -0.126. The summed E-state index contributed by atoms with van der Waals surface area (Å²) in [6, 6.07) is 13.3. The number of fused-ring (bicyclic) bond motifs is 1. The molecule has 0 bridgehead atoms. The largest absolute Gasteiger partial charge is 0.348 e. The highest BCUT2D eigenvalue weighted by Gasteiger charge is 2.27. The predicted octanol–water partition coefficient (Wildman–Crippen LogP) is 1.21. The van der Waals surface area contributed by atoms with Crippen LogP contribution in [0.3, 0.4) is 0 Å². The Bertz CT molecular complexity index is 729. The second-order valence-electron chi connectivity index (χ2n) is 5.43. The number of amides is 2. The molecule has 128 valence electrons. The Hall–Kier alpha value is -2.54. The van der Waals surface area contributed by atoms with Crippen LogP contribution in [0.2, 0.25) is 0 Å². The first-order valence-electron chi connectivity index (χ1n) is 7.49. The molecule has 0 aliphatic rings. The lowest BCUT2D eigenvalue weighted by Gasteiger charge is -2.14. The van der Waals surface area contributed by atoms with Gasteiger partial charge in [-0.25, -0.2) is 8.78 Å². The van der Waals surface area contributed by atoms with E-state index in [-0.39, 0.29) is 18.9 Å². The highest BCUT2D eigenvalue weighted by atomic mass is 19.3. The second kappa shape index (κ2) is 7.83. The average Bonchev–Trinajstić information content (AvgIpc) is 2.58. The number of nitrogens with two attached hydrogens (primary N) is 1. The van der Waals surface area contributed by atoms with E-state index in [1.807, 2.05) is 47.8 Å². The summed E-state index contributed by atoms with van der Waals surface area (Å²) in [5.41, 5.74) is 5.71. The van der Waals surface area contributed by atoms with Crippen molar-refractivity contribution in [2.45, 2.75) is 12.3 Å². The third kappa shape index (κ3) is 4.99. The van der Waals surface area contributed by atoms with E-state index < -0.39 is 24.9 Å². The maximum atomic E-state index is 12.9. The molecule has 2 aromatic rings. The van der Waals surface area contributed by atoms with Crippen molar-refractivity contribution in [3.05, 3.63) is 48.0 Å². The summed E-state index contributed by atoms with van der Waals surface area (Å²) in [6.07, 6.45) is 0.105. The minimum absolute atomic E-state index is 0.105. The molecule has 0 atom stereocenters. The van der Waals surface area contributed by atoms with Crippen molar-refractivity contribution in [3.63, 3.8) is 0 Å². The lowest BCUT2D eigenvalue weighted by Crippen LogP contribution is -2.45. The minimum atomic E-state index is -3.15. The van der Waals surface area contributed by atoms with Crippen LogP contribution in [0, 0.1) is 0 Å². The summed E-state index contributed by atoms with van der Waals surface area (Å²) in [4.78, 5) is 23.4. The number of halogens is 2. The Labute approximate surface area is 138 Å². The van der Waals surface area contributed by atoms with E-state index in [2.05, 4.69) is 5.32 Å². The maximum Gasteiger partial charge on any atom is 0.277 e. The Morgan fingerprint density at radius 3 is 2.46 bits per heavy atom. The van der Waals surface area contributed by atoms with Crippen LogP contribution in [0.1, 0.15) is 5.56 Å². The quantitative estimate of drug-likeness (QED) is 0.711. The number of alkyl halides is 2. The fourth-order valence-electron chi connectivity index (χ4n) is 2.22.